The minimum Gasteiger partial charge on any atom is -0.390 e. The van der Waals surface area contributed by atoms with E-state index in [1.54, 1.807) is 0 Å². The van der Waals surface area contributed by atoms with E-state index in [1.165, 1.54) is 0 Å². The smallest absolute Gasteiger partial charge is 0.0852 e. The summed E-state index contributed by atoms with van der Waals surface area (Å²) >= 11 is 0. The molecule has 3 heteroatoms. The first-order valence-corrected chi connectivity index (χ1v) is 9.18. The average Bonchev–Trinajstić information content (AvgIpc) is 2.43. The minimum atomic E-state index is -0.638. The van der Waals surface area contributed by atoms with E-state index in [-0.39, 0.29) is 22.0 Å². The standard InChI is InChI=1S/C20H34O3/c1-7-18(4)10-8-15-19(5)12-13(21)16(22)17(2,3)14(19)9-11-20(15,6)23-18/h7,13-16,21-22H,1,8-12H2,2-6H3/t13-,14+,15+,16-,18-,19-,20+/m0/s1. The Morgan fingerprint density at radius 1 is 1.00 bits per heavy atom. The Balaban J connectivity index is 1.98. The molecular weight excluding hydrogens is 288 g/mol. The zero-order valence-corrected chi connectivity index (χ0v) is 15.4. The Hall–Kier alpha value is -0.380. The van der Waals surface area contributed by atoms with Crippen LogP contribution in [0.5, 0.6) is 0 Å². The summed E-state index contributed by atoms with van der Waals surface area (Å²) in [6, 6.07) is 0. The molecule has 7 atom stereocenters. The van der Waals surface area contributed by atoms with E-state index in [1.807, 2.05) is 6.08 Å². The van der Waals surface area contributed by atoms with E-state index in [4.69, 9.17) is 4.74 Å². The van der Waals surface area contributed by atoms with Crippen LogP contribution in [0.15, 0.2) is 12.7 Å². The summed E-state index contributed by atoms with van der Waals surface area (Å²) in [6.07, 6.45) is 5.52. The molecule has 2 aliphatic carbocycles. The molecule has 23 heavy (non-hydrogen) atoms. The highest BCUT2D eigenvalue weighted by atomic mass is 16.5. The lowest BCUT2D eigenvalue weighted by Gasteiger charge is -2.66. The largest absolute Gasteiger partial charge is 0.390 e. The lowest BCUT2D eigenvalue weighted by atomic mass is 9.43. The zero-order chi connectivity index (χ0) is 17.3. The van der Waals surface area contributed by atoms with Gasteiger partial charge >= 0.3 is 0 Å². The Bertz CT molecular complexity index is 501. The van der Waals surface area contributed by atoms with Gasteiger partial charge in [-0.1, -0.05) is 26.8 Å². The molecule has 0 spiro atoms. The fourth-order valence-electron chi connectivity index (χ4n) is 6.56. The van der Waals surface area contributed by atoms with E-state index in [9.17, 15) is 10.2 Å². The summed E-state index contributed by atoms with van der Waals surface area (Å²) in [4.78, 5) is 0. The van der Waals surface area contributed by atoms with Crippen molar-refractivity contribution < 1.29 is 14.9 Å². The van der Waals surface area contributed by atoms with Crippen LogP contribution in [-0.4, -0.2) is 33.6 Å². The van der Waals surface area contributed by atoms with Crippen molar-refractivity contribution in [3.8, 4) is 0 Å². The van der Waals surface area contributed by atoms with Gasteiger partial charge in [-0.3, -0.25) is 0 Å². The van der Waals surface area contributed by atoms with Crippen molar-refractivity contribution in [2.75, 3.05) is 0 Å². The SMILES string of the molecule is C=C[C@@]1(C)CC[C@@H]2[C@@]3(C)C[C@H](O)[C@H](O)C(C)(C)[C@H]3CC[C@@]2(C)O1. The van der Waals surface area contributed by atoms with Crippen LogP contribution in [0.2, 0.25) is 0 Å². The number of ether oxygens (including phenoxy) is 1. The predicted molar refractivity (Wildman–Crippen MR) is 92.1 cm³/mol. The maximum absolute atomic E-state index is 10.5. The molecule has 3 aliphatic rings. The zero-order valence-electron chi connectivity index (χ0n) is 15.4. The summed E-state index contributed by atoms with van der Waals surface area (Å²) in [6.45, 7) is 14.9. The Morgan fingerprint density at radius 2 is 1.61 bits per heavy atom. The molecule has 2 N–H and O–H groups in total. The van der Waals surface area contributed by atoms with Crippen LogP contribution in [0, 0.1) is 22.7 Å². The molecule has 1 aliphatic heterocycles. The van der Waals surface area contributed by atoms with Gasteiger partial charge in [-0.15, -0.1) is 6.58 Å². The quantitative estimate of drug-likeness (QED) is 0.724. The Labute approximate surface area is 141 Å². The predicted octanol–water partition coefficient (Wildman–Crippen LogP) is 3.68. The first kappa shape index (κ1) is 17.4. The molecule has 0 bridgehead atoms. The molecule has 0 aromatic heterocycles. The van der Waals surface area contributed by atoms with Crippen molar-refractivity contribution >= 4 is 0 Å². The van der Waals surface area contributed by atoms with Gasteiger partial charge in [-0.2, -0.15) is 0 Å². The molecule has 1 saturated heterocycles. The van der Waals surface area contributed by atoms with Gasteiger partial charge in [-0.05, 0) is 68.6 Å². The topological polar surface area (TPSA) is 49.7 Å². The second-order valence-corrected chi connectivity index (χ2v) is 9.66. The third-order valence-corrected chi connectivity index (χ3v) is 7.76. The summed E-state index contributed by atoms with van der Waals surface area (Å²) in [5, 5.41) is 21.1. The van der Waals surface area contributed by atoms with Gasteiger partial charge < -0.3 is 14.9 Å². The van der Waals surface area contributed by atoms with E-state index in [2.05, 4.69) is 41.2 Å². The molecule has 0 aromatic carbocycles. The Morgan fingerprint density at radius 3 is 2.22 bits per heavy atom. The highest BCUT2D eigenvalue weighted by Crippen LogP contribution is 2.65. The van der Waals surface area contributed by atoms with E-state index in [0.717, 1.165) is 25.7 Å². The molecule has 132 valence electrons. The van der Waals surface area contributed by atoms with Crippen LogP contribution >= 0.6 is 0 Å². The first-order chi connectivity index (χ1) is 10.5. The van der Waals surface area contributed by atoms with Crippen LogP contribution in [0.4, 0.5) is 0 Å². The van der Waals surface area contributed by atoms with Crippen LogP contribution in [-0.2, 0) is 4.74 Å². The molecular formula is C20H34O3. The number of rotatable bonds is 1. The van der Waals surface area contributed by atoms with Gasteiger partial charge in [0.1, 0.15) is 0 Å². The minimum absolute atomic E-state index is 0.0116. The van der Waals surface area contributed by atoms with Crippen molar-refractivity contribution in [1.29, 1.82) is 0 Å². The Kier molecular flexibility index (Phi) is 3.84. The third kappa shape index (κ3) is 2.34. The van der Waals surface area contributed by atoms with Gasteiger partial charge in [0, 0.05) is 0 Å². The summed E-state index contributed by atoms with van der Waals surface area (Å²) in [7, 11) is 0. The maximum atomic E-state index is 10.5. The van der Waals surface area contributed by atoms with Crippen molar-refractivity contribution in [2.45, 2.75) is 90.1 Å². The average molecular weight is 322 g/mol. The fraction of sp³-hybridized carbons (Fsp3) is 0.900. The molecule has 0 radical (unpaired) electrons. The van der Waals surface area contributed by atoms with Crippen LogP contribution < -0.4 is 0 Å². The molecule has 1 heterocycles. The summed E-state index contributed by atoms with van der Waals surface area (Å²) in [5.41, 5.74) is -0.647. The van der Waals surface area contributed by atoms with Crippen LogP contribution in [0.25, 0.3) is 0 Å². The van der Waals surface area contributed by atoms with E-state index >= 15 is 0 Å². The molecule has 0 amide bonds. The van der Waals surface area contributed by atoms with E-state index < -0.39 is 12.2 Å². The van der Waals surface area contributed by atoms with Gasteiger partial charge in [0.2, 0.25) is 0 Å². The lowest BCUT2D eigenvalue weighted by Crippen LogP contribution is -2.66. The number of fused-ring (bicyclic) bond motifs is 3. The molecule has 3 fully saturated rings. The van der Waals surface area contributed by atoms with E-state index in [0.29, 0.717) is 18.3 Å². The molecule has 2 saturated carbocycles. The second kappa shape index (κ2) is 5.06. The van der Waals surface area contributed by atoms with Crippen molar-refractivity contribution in [3.05, 3.63) is 12.7 Å². The van der Waals surface area contributed by atoms with Crippen molar-refractivity contribution in [2.24, 2.45) is 22.7 Å². The van der Waals surface area contributed by atoms with Crippen LogP contribution in [0.1, 0.15) is 66.7 Å². The van der Waals surface area contributed by atoms with Gasteiger partial charge in [0.15, 0.2) is 0 Å². The molecule has 0 aromatic rings. The fourth-order valence-corrected chi connectivity index (χ4v) is 6.56. The summed E-state index contributed by atoms with van der Waals surface area (Å²) in [5.74, 6) is 0.839. The number of aliphatic hydroxyl groups is 2. The number of hydrogen-bond acceptors (Lipinski definition) is 3. The third-order valence-electron chi connectivity index (χ3n) is 7.76. The van der Waals surface area contributed by atoms with Gasteiger partial charge in [0.25, 0.3) is 0 Å². The summed E-state index contributed by atoms with van der Waals surface area (Å²) < 4.78 is 6.60. The normalized spacial score (nSPS) is 55.6. The van der Waals surface area contributed by atoms with Crippen molar-refractivity contribution in [3.63, 3.8) is 0 Å². The van der Waals surface area contributed by atoms with Crippen molar-refractivity contribution in [1.82, 2.24) is 0 Å². The number of aliphatic hydroxyl groups excluding tert-OH is 2. The molecule has 0 unspecified atom stereocenters. The highest BCUT2D eigenvalue weighted by molar-refractivity contribution is 5.15. The van der Waals surface area contributed by atoms with Gasteiger partial charge in [0.05, 0.1) is 23.4 Å². The lowest BCUT2D eigenvalue weighted by molar-refractivity contribution is -0.275. The van der Waals surface area contributed by atoms with Crippen LogP contribution in [0.3, 0.4) is 0 Å². The maximum Gasteiger partial charge on any atom is 0.0852 e. The second-order valence-electron chi connectivity index (χ2n) is 9.66. The molecule has 3 nitrogen and oxygen atoms in total. The number of hydrogen-bond donors (Lipinski definition) is 2. The molecule has 3 rings (SSSR count). The monoisotopic (exact) mass is 322 g/mol. The highest BCUT2D eigenvalue weighted by Gasteiger charge is 2.64. The van der Waals surface area contributed by atoms with Gasteiger partial charge in [-0.25, -0.2) is 0 Å². The first-order valence-electron chi connectivity index (χ1n) is 9.18.